The Balaban J connectivity index is 1.66. The summed E-state index contributed by atoms with van der Waals surface area (Å²) in [5, 5.41) is 26.2. The molecule has 7 rings (SSSR count). The highest BCUT2D eigenvalue weighted by Crippen LogP contribution is 2.76. The minimum absolute atomic E-state index is 0.00759. The Hall–Kier alpha value is -1.56. The quantitative estimate of drug-likeness (QED) is 0.684. The number of phenolic OH excluding ortho intramolecular Hbond substituents is 1. The summed E-state index contributed by atoms with van der Waals surface area (Å²) in [7, 11) is 1.77. The number of aromatic hydroxyl groups is 1. The van der Waals surface area contributed by atoms with Gasteiger partial charge < -0.3 is 25.0 Å². The summed E-state index contributed by atoms with van der Waals surface area (Å²) >= 11 is 0. The average molecular weight is 398 g/mol. The van der Waals surface area contributed by atoms with Gasteiger partial charge in [-0.2, -0.15) is 0 Å². The molecule has 7 atom stereocenters. The smallest absolute Gasteiger partial charge is 0.165 e. The number of benzene rings is 1. The Morgan fingerprint density at radius 1 is 1.34 bits per heavy atom. The molecule has 3 N–H and O–H groups in total. The van der Waals surface area contributed by atoms with E-state index in [9.17, 15) is 10.2 Å². The number of ether oxygens (including phenoxy) is 2. The number of nitrogens with one attached hydrogen (secondary N) is 1. The van der Waals surface area contributed by atoms with Crippen LogP contribution in [0.4, 0.5) is 0 Å². The third-order valence-corrected chi connectivity index (χ3v) is 9.73. The van der Waals surface area contributed by atoms with Crippen molar-refractivity contribution in [3.63, 3.8) is 0 Å². The van der Waals surface area contributed by atoms with Gasteiger partial charge in [0.25, 0.3) is 0 Å². The molecule has 4 bridgehead atoms. The Labute approximate surface area is 172 Å². The molecule has 2 spiro atoms. The van der Waals surface area contributed by atoms with Crippen LogP contribution in [0, 0.1) is 11.3 Å². The molecule has 3 saturated carbocycles. The van der Waals surface area contributed by atoms with E-state index in [1.807, 2.05) is 13.8 Å². The van der Waals surface area contributed by atoms with E-state index < -0.39 is 11.2 Å². The molecule has 1 aromatic carbocycles. The van der Waals surface area contributed by atoms with Crippen LogP contribution in [-0.2, 0) is 16.6 Å². The van der Waals surface area contributed by atoms with Crippen LogP contribution in [0.1, 0.15) is 50.7 Å². The maximum atomic E-state index is 11.6. The number of aliphatic hydroxyl groups is 1. The first-order valence-corrected chi connectivity index (χ1v) is 10.9. The number of phenols is 1. The first-order valence-electron chi connectivity index (χ1n) is 10.9. The van der Waals surface area contributed by atoms with E-state index in [1.54, 1.807) is 13.2 Å². The van der Waals surface area contributed by atoms with Gasteiger partial charge in [-0.3, -0.25) is 0 Å². The Morgan fingerprint density at radius 2 is 2.14 bits per heavy atom. The molecule has 1 saturated heterocycles. The molecule has 4 fully saturated rings. The summed E-state index contributed by atoms with van der Waals surface area (Å²) in [6, 6.07) is 4.21. The van der Waals surface area contributed by atoms with Crippen LogP contribution >= 0.6 is 0 Å². The van der Waals surface area contributed by atoms with Gasteiger partial charge in [-0.25, -0.2) is 0 Å². The molecule has 5 heteroatoms. The summed E-state index contributed by atoms with van der Waals surface area (Å²) in [4.78, 5) is 0. The zero-order chi connectivity index (χ0) is 20.4. The SMILES string of the molecule is C=C(C)C(C)(O)C1CC23CCC1(OC)C1Oc4c(O)ccc5c4C12CCNC3C5. The highest BCUT2D eigenvalue weighted by atomic mass is 16.6. The molecule has 5 nitrogen and oxygen atoms in total. The van der Waals surface area contributed by atoms with Crippen molar-refractivity contribution in [1.29, 1.82) is 0 Å². The van der Waals surface area contributed by atoms with E-state index in [1.165, 1.54) is 11.1 Å². The summed E-state index contributed by atoms with van der Waals surface area (Å²) in [5.74, 6) is 0.787. The number of rotatable bonds is 3. The van der Waals surface area contributed by atoms with Crippen molar-refractivity contribution in [2.75, 3.05) is 13.7 Å². The molecule has 2 aliphatic heterocycles. The molecule has 0 amide bonds. The van der Waals surface area contributed by atoms with Gasteiger partial charge in [-0.15, -0.1) is 0 Å². The second kappa shape index (κ2) is 5.19. The van der Waals surface area contributed by atoms with Crippen molar-refractivity contribution in [3.05, 3.63) is 35.4 Å². The lowest BCUT2D eigenvalue weighted by Gasteiger charge is -2.73. The van der Waals surface area contributed by atoms with Gasteiger partial charge in [0.2, 0.25) is 0 Å². The maximum absolute atomic E-state index is 11.6. The fourth-order valence-electron chi connectivity index (χ4n) is 8.30. The van der Waals surface area contributed by atoms with Gasteiger partial charge in [-0.1, -0.05) is 12.6 Å². The maximum Gasteiger partial charge on any atom is 0.165 e. The van der Waals surface area contributed by atoms with Gasteiger partial charge >= 0.3 is 0 Å². The molecular formula is C24H31NO4. The predicted molar refractivity (Wildman–Crippen MR) is 109 cm³/mol. The molecule has 156 valence electrons. The third-order valence-electron chi connectivity index (χ3n) is 9.73. The average Bonchev–Trinajstić information content (AvgIpc) is 3.06. The van der Waals surface area contributed by atoms with Crippen LogP contribution in [0.3, 0.4) is 0 Å². The molecule has 0 radical (unpaired) electrons. The number of hydrogen-bond donors (Lipinski definition) is 3. The fourth-order valence-corrected chi connectivity index (χ4v) is 8.30. The Morgan fingerprint density at radius 3 is 2.86 bits per heavy atom. The van der Waals surface area contributed by atoms with E-state index in [2.05, 4.69) is 18.0 Å². The molecule has 1 aromatic rings. The first-order chi connectivity index (χ1) is 13.7. The van der Waals surface area contributed by atoms with Crippen LogP contribution in [0.15, 0.2) is 24.3 Å². The molecular weight excluding hydrogens is 366 g/mol. The van der Waals surface area contributed by atoms with E-state index in [0.29, 0.717) is 11.8 Å². The first kappa shape index (κ1) is 18.2. The fraction of sp³-hybridized carbons (Fsp3) is 0.667. The zero-order valence-corrected chi connectivity index (χ0v) is 17.5. The number of methoxy groups -OCH3 is 1. The molecule has 0 aromatic heterocycles. The summed E-state index contributed by atoms with van der Waals surface area (Å²) in [5.41, 5.74) is 1.48. The van der Waals surface area contributed by atoms with Gasteiger partial charge in [0.05, 0.1) is 5.60 Å². The normalized spacial score (nSPS) is 45.3. The third kappa shape index (κ3) is 1.70. The number of hydrogen-bond acceptors (Lipinski definition) is 5. The zero-order valence-electron chi connectivity index (χ0n) is 17.5. The van der Waals surface area contributed by atoms with Crippen molar-refractivity contribution in [2.45, 2.75) is 74.7 Å². The Kier molecular flexibility index (Phi) is 3.26. The van der Waals surface area contributed by atoms with Crippen molar-refractivity contribution in [3.8, 4) is 11.5 Å². The molecule has 29 heavy (non-hydrogen) atoms. The number of piperidine rings is 1. The van der Waals surface area contributed by atoms with Crippen molar-refractivity contribution < 1.29 is 19.7 Å². The van der Waals surface area contributed by atoms with Gasteiger partial charge in [-0.05, 0) is 69.7 Å². The van der Waals surface area contributed by atoms with Crippen molar-refractivity contribution in [2.24, 2.45) is 11.3 Å². The molecule has 4 aliphatic carbocycles. The minimum Gasteiger partial charge on any atom is -0.504 e. The Bertz CT molecular complexity index is 941. The lowest BCUT2D eigenvalue weighted by Crippen LogP contribution is -2.82. The van der Waals surface area contributed by atoms with Gasteiger partial charge in [0.1, 0.15) is 11.7 Å². The lowest BCUT2D eigenvalue weighted by atomic mass is 9.34. The standard InChI is InChI=1S/C24H31NO4/c1-13(2)21(3,27)16-12-22-7-8-24(16,28-4)20-23(22)9-10-25-17(22)11-14-5-6-15(26)19(29-20)18(14)23/h5-6,16-17,20,25-27H,1,7-12H2,2-4H3. The molecule has 7 unspecified atom stereocenters. The summed E-state index contributed by atoms with van der Waals surface area (Å²) < 4.78 is 13.1. The second-order valence-corrected chi connectivity index (χ2v) is 10.4. The van der Waals surface area contributed by atoms with Crippen molar-refractivity contribution >= 4 is 0 Å². The summed E-state index contributed by atoms with van der Waals surface area (Å²) in [6.07, 6.45) is 4.51. The van der Waals surface area contributed by atoms with Crippen LogP contribution in [-0.4, -0.2) is 47.2 Å². The van der Waals surface area contributed by atoms with Gasteiger partial charge in [0.15, 0.2) is 11.5 Å². The highest BCUT2D eigenvalue weighted by molar-refractivity contribution is 5.63. The van der Waals surface area contributed by atoms with E-state index in [-0.39, 0.29) is 28.6 Å². The molecule has 6 aliphatic rings. The topological polar surface area (TPSA) is 71.0 Å². The summed E-state index contributed by atoms with van der Waals surface area (Å²) in [6.45, 7) is 8.87. The van der Waals surface area contributed by atoms with Crippen LogP contribution < -0.4 is 10.1 Å². The number of fused-ring (bicyclic) bond motifs is 2. The van der Waals surface area contributed by atoms with Crippen molar-refractivity contribution in [1.82, 2.24) is 5.32 Å². The monoisotopic (exact) mass is 397 g/mol. The molecule has 2 heterocycles. The van der Waals surface area contributed by atoms with E-state index in [0.717, 1.165) is 44.2 Å². The largest absolute Gasteiger partial charge is 0.504 e. The minimum atomic E-state index is -1.04. The van der Waals surface area contributed by atoms with Gasteiger partial charge in [0, 0.05) is 35.5 Å². The van der Waals surface area contributed by atoms with E-state index in [4.69, 9.17) is 9.47 Å². The van der Waals surface area contributed by atoms with E-state index >= 15 is 0 Å². The predicted octanol–water partition coefficient (Wildman–Crippen LogP) is 2.82. The highest BCUT2D eigenvalue weighted by Gasteiger charge is 2.81. The van der Waals surface area contributed by atoms with Crippen LogP contribution in [0.2, 0.25) is 0 Å². The van der Waals surface area contributed by atoms with Crippen LogP contribution in [0.25, 0.3) is 0 Å². The lowest BCUT2D eigenvalue weighted by molar-refractivity contribution is -0.287. The van der Waals surface area contributed by atoms with Crippen LogP contribution in [0.5, 0.6) is 11.5 Å². The second-order valence-electron chi connectivity index (χ2n) is 10.4.